The second kappa shape index (κ2) is 8.16. The maximum atomic E-state index is 13.0. The summed E-state index contributed by atoms with van der Waals surface area (Å²) >= 11 is 0.894. The number of sulfonamides is 1. The third-order valence-corrected chi connectivity index (χ3v) is 8.63. The second-order valence-corrected chi connectivity index (χ2v) is 10.5. The maximum Gasteiger partial charge on any atom is 0.452 e. The summed E-state index contributed by atoms with van der Waals surface area (Å²) in [5.74, 6) is -0.788. The zero-order valence-corrected chi connectivity index (χ0v) is 17.4. The Morgan fingerprint density at radius 3 is 2.43 bits per heavy atom. The third kappa shape index (κ3) is 4.45. The molecule has 0 bridgehead atoms. The molecule has 1 saturated heterocycles. The van der Waals surface area contributed by atoms with Gasteiger partial charge in [0.2, 0.25) is 5.76 Å². The molecule has 0 N–H and O–H groups in total. The van der Waals surface area contributed by atoms with Crippen LogP contribution in [0, 0.1) is 5.92 Å². The van der Waals surface area contributed by atoms with Gasteiger partial charge in [-0.3, -0.25) is 0 Å². The smallest absolute Gasteiger partial charge is 0.351 e. The first-order valence-electron chi connectivity index (χ1n) is 9.42. The minimum atomic E-state index is -4.64. The Morgan fingerprint density at radius 2 is 1.80 bits per heavy atom. The van der Waals surface area contributed by atoms with Crippen LogP contribution in [0.15, 0.2) is 57.3 Å². The topological polar surface area (TPSA) is 63.4 Å². The Kier molecular flexibility index (Phi) is 5.73. The van der Waals surface area contributed by atoms with Gasteiger partial charge in [-0.15, -0.1) is 11.3 Å². The molecule has 1 fully saturated rings. The van der Waals surface area contributed by atoms with Crippen LogP contribution in [0.2, 0.25) is 0 Å². The molecule has 0 atom stereocenters. The molecule has 1 aliphatic heterocycles. The predicted molar refractivity (Wildman–Crippen MR) is 106 cm³/mol. The summed E-state index contributed by atoms with van der Waals surface area (Å²) in [6, 6.07) is 13.7. The van der Waals surface area contributed by atoms with Crippen molar-refractivity contribution in [2.45, 2.75) is 29.6 Å². The van der Waals surface area contributed by atoms with E-state index in [1.807, 2.05) is 18.2 Å². The van der Waals surface area contributed by atoms with E-state index in [2.05, 4.69) is 21.8 Å². The van der Waals surface area contributed by atoms with Crippen molar-refractivity contribution < 1.29 is 26.1 Å². The summed E-state index contributed by atoms with van der Waals surface area (Å²) < 4.78 is 69.9. The molecule has 10 heteroatoms. The standard InChI is InChI=1S/C20H19F3N2O3S2/c21-20(22,23)18-13-16(24-28-18)17-6-7-19(29-17)30(26,27)25-10-8-15(9-11-25)12-14-4-2-1-3-5-14/h1-7,13,15H,8-12H2. The van der Waals surface area contributed by atoms with Gasteiger partial charge in [0.05, 0.1) is 4.88 Å². The third-order valence-electron chi connectivity index (χ3n) is 5.16. The van der Waals surface area contributed by atoms with Gasteiger partial charge in [-0.2, -0.15) is 17.5 Å². The first-order valence-corrected chi connectivity index (χ1v) is 11.7. The van der Waals surface area contributed by atoms with Crippen molar-refractivity contribution in [1.29, 1.82) is 0 Å². The highest BCUT2D eigenvalue weighted by molar-refractivity contribution is 7.91. The largest absolute Gasteiger partial charge is 0.452 e. The van der Waals surface area contributed by atoms with Gasteiger partial charge in [-0.05, 0) is 42.9 Å². The molecule has 0 unspecified atom stereocenters. The average molecular weight is 457 g/mol. The summed E-state index contributed by atoms with van der Waals surface area (Å²) in [5.41, 5.74) is 1.21. The quantitative estimate of drug-likeness (QED) is 0.538. The maximum absolute atomic E-state index is 13.0. The highest BCUT2D eigenvalue weighted by Crippen LogP contribution is 2.36. The van der Waals surface area contributed by atoms with Crippen LogP contribution in [-0.2, 0) is 22.6 Å². The van der Waals surface area contributed by atoms with Gasteiger partial charge in [0.25, 0.3) is 10.0 Å². The molecule has 0 spiro atoms. The average Bonchev–Trinajstić information content (AvgIpc) is 3.39. The zero-order chi connectivity index (χ0) is 21.4. The van der Waals surface area contributed by atoms with Gasteiger partial charge in [-0.1, -0.05) is 35.5 Å². The minimum absolute atomic E-state index is 0.0321. The highest BCUT2D eigenvalue weighted by atomic mass is 32.2. The van der Waals surface area contributed by atoms with Crippen molar-refractivity contribution in [1.82, 2.24) is 9.46 Å². The van der Waals surface area contributed by atoms with Crippen LogP contribution >= 0.6 is 11.3 Å². The minimum Gasteiger partial charge on any atom is -0.351 e. The number of thiophene rings is 1. The lowest BCUT2D eigenvalue weighted by molar-refractivity contribution is -0.155. The molecular formula is C20H19F3N2O3S2. The molecule has 0 aliphatic carbocycles. The SMILES string of the molecule is O=S(=O)(c1ccc(-c2cc(C(F)(F)F)on2)s1)N1CCC(Cc2ccccc2)CC1. The van der Waals surface area contributed by atoms with Crippen molar-refractivity contribution in [3.8, 4) is 10.6 Å². The molecule has 160 valence electrons. The van der Waals surface area contributed by atoms with E-state index < -0.39 is 22.0 Å². The summed E-state index contributed by atoms with van der Waals surface area (Å²) in [6.07, 6.45) is -2.18. The van der Waals surface area contributed by atoms with E-state index in [9.17, 15) is 21.6 Å². The molecule has 2 aromatic heterocycles. The number of nitrogens with zero attached hydrogens (tertiary/aromatic N) is 2. The fourth-order valence-corrected chi connectivity index (χ4v) is 6.43. The van der Waals surface area contributed by atoms with Crippen LogP contribution in [0.4, 0.5) is 13.2 Å². The number of hydrogen-bond acceptors (Lipinski definition) is 5. The van der Waals surface area contributed by atoms with Crippen LogP contribution in [-0.4, -0.2) is 31.0 Å². The molecule has 3 aromatic rings. The molecule has 5 nitrogen and oxygen atoms in total. The van der Waals surface area contributed by atoms with Gasteiger partial charge in [0.15, 0.2) is 0 Å². The summed E-state index contributed by atoms with van der Waals surface area (Å²) in [7, 11) is -3.70. The molecule has 1 aliphatic rings. The number of alkyl halides is 3. The first-order chi connectivity index (χ1) is 14.2. The predicted octanol–water partition coefficient (Wildman–Crippen LogP) is 5.07. The number of benzene rings is 1. The second-order valence-electron chi connectivity index (χ2n) is 7.23. The lowest BCUT2D eigenvalue weighted by Crippen LogP contribution is -2.38. The number of piperidine rings is 1. The summed E-state index contributed by atoms with van der Waals surface area (Å²) in [5, 5.41) is 3.42. The van der Waals surface area contributed by atoms with Crippen molar-refractivity contribution in [2.75, 3.05) is 13.1 Å². The van der Waals surface area contributed by atoms with E-state index in [1.54, 1.807) is 0 Å². The van der Waals surface area contributed by atoms with Gasteiger partial charge < -0.3 is 4.52 Å². The first kappa shape index (κ1) is 21.1. The van der Waals surface area contributed by atoms with Crippen molar-refractivity contribution in [2.24, 2.45) is 5.92 Å². The van der Waals surface area contributed by atoms with Gasteiger partial charge in [-0.25, -0.2) is 8.42 Å². The fourth-order valence-electron chi connectivity index (χ4n) is 3.55. The van der Waals surface area contributed by atoms with Crippen molar-refractivity contribution in [3.05, 3.63) is 59.9 Å². The fraction of sp³-hybridized carbons (Fsp3) is 0.350. The molecule has 4 rings (SSSR count). The Labute approximate surface area is 176 Å². The molecular weight excluding hydrogens is 437 g/mol. The van der Waals surface area contributed by atoms with E-state index in [0.29, 0.717) is 23.9 Å². The van der Waals surface area contributed by atoms with E-state index in [1.165, 1.54) is 22.0 Å². The molecule has 30 heavy (non-hydrogen) atoms. The number of hydrogen-bond donors (Lipinski definition) is 0. The lowest BCUT2D eigenvalue weighted by atomic mass is 9.91. The highest BCUT2D eigenvalue weighted by Gasteiger charge is 2.36. The zero-order valence-electron chi connectivity index (χ0n) is 15.8. The van der Waals surface area contributed by atoms with E-state index in [0.717, 1.165) is 36.7 Å². The monoisotopic (exact) mass is 456 g/mol. The molecule has 3 heterocycles. The van der Waals surface area contributed by atoms with E-state index in [4.69, 9.17) is 0 Å². The van der Waals surface area contributed by atoms with Crippen LogP contribution in [0.25, 0.3) is 10.6 Å². The summed E-state index contributed by atoms with van der Waals surface area (Å²) in [4.78, 5) is 0.312. The lowest BCUT2D eigenvalue weighted by Gasteiger charge is -2.30. The molecule has 0 radical (unpaired) electrons. The van der Waals surface area contributed by atoms with Crippen LogP contribution in [0.5, 0.6) is 0 Å². The van der Waals surface area contributed by atoms with Crippen molar-refractivity contribution in [3.63, 3.8) is 0 Å². The van der Waals surface area contributed by atoms with Gasteiger partial charge >= 0.3 is 6.18 Å². The van der Waals surface area contributed by atoms with Gasteiger partial charge in [0.1, 0.15) is 9.90 Å². The van der Waals surface area contributed by atoms with Crippen LogP contribution in [0.1, 0.15) is 24.2 Å². The Hall–Kier alpha value is -2.17. The normalized spacial score (nSPS) is 16.8. The summed E-state index contributed by atoms with van der Waals surface area (Å²) in [6.45, 7) is 0.852. The molecule has 0 amide bonds. The van der Waals surface area contributed by atoms with Gasteiger partial charge in [0, 0.05) is 19.2 Å². The van der Waals surface area contributed by atoms with E-state index >= 15 is 0 Å². The van der Waals surface area contributed by atoms with Crippen LogP contribution in [0.3, 0.4) is 0 Å². The number of halogens is 3. The molecule has 1 aromatic carbocycles. The number of rotatable bonds is 5. The number of aromatic nitrogens is 1. The van der Waals surface area contributed by atoms with Crippen molar-refractivity contribution >= 4 is 21.4 Å². The molecule has 0 saturated carbocycles. The van der Waals surface area contributed by atoms with Crippen LogP contribution < -0.4 is 0 Å². The Balaban J connectivity index is 1.43. The van der Waals surface area contributed by atoms with E-state index in [-0.39, 0.29) is 9.90 Å². The Bertz CT molecular complexity index is 1100. The Morgan fingerprint density at radius 1 is 1.10 bits per heavy atom.